The minimum atomic E-state index is -1.57. The van der Waals surface area contributed by atoms with Crippen LogP contribution in [-0.2, 0) is 4.74 Å². The second-order valence-corrected chi connectivity index (χ2v) is 6.84. The van der Waals surface area contributed by atoms with Gasteiger partial charge in [0, 0.05) is 5.56 Å². The molecule has 2 heterocycles. The molecule has 1 fully saturated rings. The van der Waals surface area contributed by atoms with Crippen LogP contribution in [0.1, 0.15) is 0 Å². The van der Waals surface area contributed by atoms with Crippen molar-refractivity contribution in [2.24, 2.45) is 0 Å². The van der Waals surface area contributed by atoms with Crippen molar-refractivity contribution in [3.05, 3.63) is 65.0 Å². The average molecular weight is 399 g/mol. The molecule has 1 aromatic heterocycles. The fourth-order valence-corrected chi connectivity index (χ4v) is 3.37. The van der Waals surface area contributed by atoms with Gasteiger partial charge in [-0.3, -0.25) is 10.2 Å². The molecular weight excluding hydrogens is 378 g/mol. The summed E-state index contributed by atoms with van der Waals surface area (Å²) in [6.07, 6.45) is -6.98. The molecule has 3 aromatic rings. The molecule has 1 saturated heterocycles. The van der Waals surface area contributed by atoms with Crippen molar-refractivity contribution in [1.29, 1.82) is 0 Å². The molecule has 0 radical (unpaired) electrons. The first kappa shape index (κ1) is 19.5. The molecule has 152 valence electrons. The fraction of sp³-hybridized carbons (Fsp3) is 0.300. The molecule has 0 saturated carbocycles. The Labute approximate surface area is 165 Å². The van der Waals surface area contributed by atoms with Crippen LogP contribution in [0.2, 0.25) is 0 Å². The van der Waals surface area contributed by atoms with Crippen LogP contribution in [0.4, 0.5) is 0 Å². The molecule has 0 spiro atoms. The molecule has 9 nitrogen and oxygen atoms in total. The van der Waals surface area contributed by atoms with Crippen molar-refractivity contribution >= 4 is 10.9 Å². The van der Waals surface area contributed by atoms with Gasteiger partial charge in [0.25, 0.3) is 5.56 Å². The number of hydrogen-bond acceptors (Lipinski definition) is 8. The van der Waals surface area contributed by atoms with E-state index in [0.29, 0.717) is 16.5 Å². The summed E-state index contributed by atoms with van der Waals surface area (Å²) in [5, 5.41) is 40.1. The van der Waals surface area contributed by atoms with Crippen LogP contribution in [-0.4, -0.2) is 67.3 Å². The predicted molar refractivity (Wildman–Crippen MR) is 105 cm³/mol. The van der Waals surface area contributed by atoms with E-state index in [9.17, 15) is 25.2 Å². The van der Waals surface area contributed by atoms with E-state index in [1.165, 1.54) is 0 Å². The summed E-state index contributed by atoms with van der Waals surface area (Å²) in [6, 6.07) is 15.8. The number of benzene rings is 2. The second kappa shape index (κ2) is 7.90. The molecule has 9 heteroatoms. The van der Waals surface area contributed by atoms with E-state index >= 15 is 0 Å². The number of hydrogen-bond donors (Lipinski definition) is 5. The topological polar surface area (TPSA) is 137 Å². The Morgan fingerprint density at radius 1 is 0.966 bits per heavy atom. The average Bonchev–Trinajstić information content (AvgIpc) is 2.76. The van der Waals surface area contributed by atoms with Crippen molar-refractivity contribution in [2.75, 3.05) is 12.0 Å². The van der Waals surface area contributed by atoms with Crippen LogP contribution >= 0.6 is 0 Å². The Morgan fingerprint density at radius 3 is 2.38 bits per heavy atom. The molecule has 0 aliphatic carbocycles. The highest BCUT2D eigenvalue weighted by Gasteiger charge is 2.44. The summed E-state index contributed by atoms with van der Waals surface area (Å²) >= 11 is 0. The first-order valence-corrected chi connectivity index (χ1v) is 9.15. The van der Waals surface area contributed by atoms with Crippen LogP contribution < -0.4 is 11.0 Å². The molecule has 5 N–H and O–H groups in total. The van der Waals surface area contributed by atoms with Gasteiger partial charge in [0.2, 0.25) is 0 Å². The van der Waals surface area contributed by atoms with Gasteiger partial charge >= 0.3 is 0 Å². The minimum Gasteiger partial charge on any atom is -0.394 e. The van der Waals surface area contributed by atoms with Gasteiger partial charge in [-0.25, -0.2) is 9.66 Å². The summed E-state index contributed by atoms with van der Waals surface area (Å²) in [7, 11) is 0. The van der Waals surface area contributed by atoms with Gasteiger partial charge in [0.1, 0.15) is 24.4 Å². The van der Waals surface area contributed by atoms with Gasteiger partial charge < -0.3 is 25.2 Å². The van der Waals surface area contributed by atoms with Crippen molar-refractivity contribution in [2.45, 2.75) is 30.6 Å². The Hall–Kier alpha value is -2.82. The maximum Gasteiger partial charge on any atom is 0.280 e. The van der Waals surface area contributed by atoms with Crippen LogP contribution in [0.3, 0.4) is 0 Å². The lowest BCUT2D eigenvalue weighted by molar-refractivity contribution is -0.224. The normalized spacial score (nSPS) is 27.1. The number of aliphatic hydroxyl groups is 4. The predicted octanol–water partition coefficient (Wildman–Crippen LogP) is -0.593. The van der Waals surface area contributed by atoms with Crippen LogP contribution in [0, 0.1) is 0 Å². The number of nitrogens with zero attached hydrogens (tertiary/aromatic N) is 2. The van der Waals surface area contributed by atoms with E-state index in [4.69, 9.17) is 4.74 Å². The highest BCUT2D eigenvalue weighted by atomic mass is 16.6. The summed E-state index contributed by atoms with van der Waals surface area (Å²) in [6.45, 7) is -0.570. The number of para-hydroxylation sites is 1. The van der Waals surface area contributed by atoms with Gasteiger partial charge in [-0.2, -0.15) is 0 Å². The Bertz CT molecular complexity index is 1060. The van der Waals surface area contributed by atoms with Gasteiger partial charge in [0.15, 0.2) is 12.1 Å². The Balaban J connectivity index is 1.82. The molecule has 4 rings (SSSR count). The number of rotatable bonds is 4. The van der Waals surface area contributed by atoms with E-state index in [-0.39, 0.29) is 5.82 Å². The lowest BCUT2D eigenvalue weighted by Gasteiger charge is -2.40. The number of aromatic nitrogens is 2. The first-order chi connectivity index (χ1) is 14.0. The van der Waals surface area contributed by atoms with E-state index in [2.05, 4.69) is 10.4 Å². The maximum absolute atomic E-state index is 13.2. The monoisotopic (exact) mass is 399 g/mol. The number of ether oxygens (including phenoxy) is 1. The number of fused-ring (bicyclic) bond motifs is 1. The molecule has 29 heavy (non-hydrogen) atoms. The molecule has 1 aliphatic rings. The number of nitrogens with one attached hydrogen (secondary N) is 1. The molecule has 0 amide bonds. The van der Waals surface area contributed by atoms with Gasteiger partial charge in [-0.05, 0) is 12.1 Å². The third-order valence-electron chi connectivity index (χ3n) is 4.96. The second-order valence-electron chi connectivity index (χ2n) is 6.84. The standard InChI is InChI=1S/C20H21N3O6/c24-10-14-15(25)16(26)17(27)19(29-14)22-23-18(11-6-2-1-3-7-11)21-13-9-5-4-8-12(13)20(23)28/h1-9,14-17,19,22,24-27H,10H2. The third kappa shape index (κ3) is 3.50. The first-order valence-electron chi connectivity index (χ1n) is 9.15. The molecule has 2 aromatic carbocycles. The molecule has 1 aliphatic heterocycles. The van der Waals surface area contributed by atoms with Crippen LogP contribution in [0.15, 0.2) is 59.4 Å². The lowest BCUT2D eigenvalue weighted by Crippen LogP contribution is -2.62. The Kier molecular flexibility index (Phi) is 5.31. The SMILES string of the molecule is O=c1c2ccccc2nc(-c2ccccc2)n1NC1OC(CO)C(O)C(O)C1O. The smallest absolute Gasteiger partial charge is 0.280 e. The number of aliphatic hydroxyl groups excluding tert-OH is 4. The zero-order valence-corrected chi connectivity index (χ0v) is 15.3. The van der Waals surface area contributed by atoms with E-state index < -0.39 is 42.8 Å². The van der Waals surface area contributed by atoms with Crippen molar-refractivity contribution in [1.82, 2.24) is 9.66 Å². The van der Waals surface area contributed by atoms with Crippen LogP contribution in [0.5, 0.6) is 0 Å². The van der Waals surface area contributed by atoms with Gasteiger partial charge in [-0.1, -0.05) is 42.5 Å². The summed E-state index contributed by atoms with van der Waals surface area (Å²) in [5.74, 6) is 0.284. The fourth-order valence-electron chi connectivity index (χ4n) is 3.37. The summed E-state index contributed by atoms with van der Waals surface area (Å²) in [5.41, 5.74) is 3.48. The van der Waals surface area contributed by atoms with Gasteiger partial charge in [0.05, 0.1) is 17.5 Å². The van der Waals surface area contributed by atoms with E-state index in [1.807, 2.05) is 6.07 Å². The summed E-state index contributed by atoms with van der Waals surface area (Å²) in [4.78, 5) is 17.7. The minimum absolute atomic E-state index is 0.284. The lowest BCUT2D eigenvalue weighted by atomic mass is 9.99. The van der Waals surface area contributed by atoms with Crippen molar-refractivity contribution < 1.29 is 25.2 Å². The van der Waals surface area contributed by atoms with Crippen molar-refractivity contribution in [3.63, 3.8) is 0 Å². The Morgan fingerprint density at radius 2 is 1.66 bits per heavy atom. The van der Waals surface area contributed by atoms with E-state index in [1.54, 1.807) is 48.5 Å². The third-order valence-corrected chi connectivity index (χ3v) is 4.96. The molecule has 5 atom stereocenters. The zero-order chi connectivity index (χ0) is 20.5. The highest BCUT2D eigenvalue weighted by molar-refractivity contribution is 5.79. The molecular formula is C20H21N3O6. The van der Waals surface area contributed by atoms with Crippen LogP contribution in [0.25, 0.3) is 22.3 Å². The molecule has 0 bridgehead atoms. The van der Waals surface area contributed by atoms with Gasteiger partial charge in [-0.15, -0.1) is 0 Å². The molecule has 5 unspecified atom stereocenters. The zero-order valence-electron chi connectivity index (χ0n) is 15.3. The van der Waals surface area contributed by atoms with Crippen molar-refractivity contribution in [3.8, 4) is 11.4 Å². The summed E-state index contributed by atoms with van der Waals surface area (Å²) < 4.78 is 6.63. The quantitative estimate of drug-likeness (QED) is 0.393. The highest BCUT2D eigenvalue weighted by Crippen LogP contribution is 2.22. The van der Waals surface area contributed by atoms with E-state index in [0.717, 1.165) is 4.68 Å². The largest absolute Gasteiger partial charge is 0.394 e. The maximum atomic E-state index is 13.2.